The van der Waals surface area contributed by atoms with Crippen LogP contribution in [-0.4, -0.2) is 18.1 Å². The van der Waals surface area contributed by atoms with E-state index in [1.54, 1.807) is 19.2 Å². The van der Waals surface area contributed by atoms with Crippen molar-refractivity contribution in [2.24, 2.45) is 0 Å². The summed E-state index contributed by atoms with van der Waals surface area (Å²) in [6.45, 7) is 0. The third-order valence-corrected chi connectivity index (χ3v) is 2.41. The van der Waals surface area contributed by atoms with E-state index < -0.39 is 0 Å². The van der Waals surface area contributed by atoms with Crippen LogP contribution in [0.5, 0.6) is 5.75 Å². The minimum Gasteiger partial charge on any atom is -0.618 e. The summed E-state index contributed by atoms with van der Waals surface area (Å²) in [4.78, 5) is 0. The molecule has 0 saturated heterocycles. The van der Waals surface area contributed by atoms with Gasteiger partial charge in [-0.3, -0.25) is 0 Å². The topological polar surface area (TPSA) is 35.3 Å². The van der Waals surface area contributed by atoms with Gasteiger partial charge in [-0.15, -0.1) is 0 Å². The molecule has 2 aromatic rings. The molecule has 0 aliphatic rings. The molecule has 17 heavy (non-hydrogen) atoms. The van der Waals surface area contributed by atoms with Crippen molar-refractivity contribution in [2.45, 2.75) is 0 Å². The van der Waals surface area contributed by atoms with E-state index in [0.717, 1.165) is 10.3 Å². The second kappa shape index (κ2) is 5.16. The minimum absolute atomic E-state index is 0.596. The second-order valence-electron chi connectivity index (χ2n) is 3.53. The monoisotopic (exact) mass is 227 g/mol. The molecule has 0 aliphatic carbocycles. The predicted molar refractivity (Wildman–Crippen MR) is 67.9 cm³/mol. The zero-order valence-corrected chi connectivity index (χ0v) is 9.54. The van der Waals surface area contributed by atoms with Gasteiger partial charge in [0, 0.05) is 12.1 Å². The van der Waals surface area contributed by atoms with Gasteiger partial charge < -0.3 is 9.94 Å². The van der Waals surface area contributed by atoms with Gasteiger partial charge >= 0.3 is 0 Å². The van der Waals surface area contributed by atoms with Gasteiger partial charge in [-0.25, -0.2) is 0 Å². The molecule has 0 bridgehead atoms. The summed E-state index contributed by atoms with van der Waals surface area (Å²) < 4.78 is 6.02. The SMILES string of the molecule is COc1ccccc1C=[N+]([O-])c1ccccc1. The number of benzene rings is 2. The Morgan fingerprint density at radius 2 is 1.65 bits per heavy atom. The molecule has 86 valence electrons. The molecule has 2 aromatic carbocycles. The van der Waals surface area contributed by atoms with Crippen LogP contribution in [0.2, 0.25) is 0 Å². The van der Waals surface area contributed by atoms with Crippen LogP contribution in [0.4, 0.5) is 5.69 Å². The molecule has 0 unspecified atom stereocenters. The number of methoxy groups -OCH3 is 1. The molecule has 0 heterocycles. The van der Waals surface area contributed by atoms with Crippen molar-refractivity contribution in [1.29, 1.82) is 0 Å². The second-order valence-corrected chi connectivity index (χ2v) is 3.53. The molecule has 0 fully saturated rings. The Hall–Kier alpha value is -2.29. The molecule has 0 aliphatic heterocycles. The van der Waals surface area contributed by atoms with Gasteiger partial charge in [-0.1, -0.05) is 30.3 Å². The van der Waals surface area contributed by atoms with Crippen LogP contribution >= 0.6 is 0 Å². The van der Waals surface area contributed by atoms with Crippen LogP contribution < -0.4 is 4.74 Å². The normalized spacial score (nSPS) is 11.2. The lowest BCUT2D eigenvalue weighted by Crippen LogP contribution is -2.00. The number of nitrogens with zero attached hydrogens (tertiary/aromatic N) is 1. The maximum atomic E-state index is 11.9. The third-order valence-electron chi connectivity index (χ3n) is 2.41. The largest absolute Gasteiger partial charge is 0.618 e. The summed E-state index contributed by atoms with van der Waals surface area (Å²) >= 11 is 0. The van der Waals surface area contributed by atoms with Crippen molar-refractivity contribution in [1.82, 2.24) is 0 Å². The van der Waals surface area contributed by atoms with Crippen molar-refractivity contribution in [3.63, 3.8) is 0 Å². The number of ether oxygens (including phenoxy) is 1. The maximum Gasteiger partial charge on any atom is 0.216 e. The van der Waals surface area contributed by atoms with E-state index in [-0.39, 0.29) is 0 Å². The Morgan fingerprint density at radius 3 is 2.35 bits per heavy atom. The Labute approximate surface area is 100 Å². The molecule has 0 atom stereocenters. The summed E-state index contributed by atoms with van der Waals surface area (Å²) in [5.74, 6) is 0.685. The Balaban J connectivity index is 2.36. The van der Waals surface area contributed by atoms with E-state index in [9.17, 15) is 5.21 Å². The first-order valence-corrected chi connectivity index (χ1v) is 5.30. The summed E-state index contributed by atoms with van der Waals surface area (Å²) in [5.41, 5.74) is 1.35. The van der Waals surface area contributed by atoms with Crippen LogP contribution in [0.3, 0.4) is 0 Å². The number of para-hydroxylation sites is 2. The molecule has 0 amide bonds. The highest BCUT2D eigenvalue weighted by Crippen LogP contribution is 2.16. The third kappa shape index (κ3) is 2.64. The van der Waals surface area contributed by atoms with E-state index in [4.69, 9.17) is 4.74 Å². The fourth-order valence-electron chi connectivity index (χ4n) is 1.55. The highest BCUT2D eigenvalue weighted by Gasteiger charge is 2.04. The summed E-state index contributed by atoms with van der Waals surface area (Å²) in [5, 5.41) is 11.9. The van der Waals surface area contributed by atoms with Gasteiger partial charge in [-0.05, 0) is 12.1 Å². The van der Waals surface area contributed by atoms with Gasteiger partial charge in [0.1, 0.15) is 5.75 Å². The average molecular weight is 227 g/mol. The van der Waals surface area contributed by atoms with Crippen LogP contribution in [0.15, 0.2) is 54.6 Å². The first-order valence-electron chi connectivity index (χ1n) is 5.30. The highest BCUT2D eigenvalue weighted by atomic mass is 16.5. The molecule has 3 nitrogen and oxygen atoms in total. The number of rotatable bonds is 3. The molecular formula is C14H13NO2. The maximum absolute atomic E-state index is 11.9. The lowest BCUT2D eigenvalue weighted by Gasteiger charge is -2.05. The van der Waals surface area contributed by atoms with Gasteiger partial charge in [0.05, 0.1) is 12.7 Å². The van der Waals surface area contributed by atoms with E-state index in [1.807, 2.05) is 42.5 Å². The predicted octanol–water partition coefficient (Wildman–Crippen LogP) is 2.96. The molecule has 3 heteroatoms. The van der Waals surface area contributed by atoms with E-state index in [0.29, 0.717) is 11.4 Å². The Morgan fingerprint density at radius 1 is 1.00 bits per heavy atom. The van der Waals surface area contributed by atoms with Crippen molar-refractivity contribution in [2.75, 3.05) is 7.11 Å². The molecular weight excluding hydrogens is 214 g/mol. The van der Waals surface area contributed by atoms with Crippen LogP contribution in [0.1, 0.15) is 5.56 Å². The van der Waals surface area contributed by atoms with Gasteiger partial charge in [0.25, 0.3) is 0 Å². The Bertz CT molecular complexity index is 521. The quantitative estimate of drug-likeness (QED) is 0.350. The van der Waals surface area contributed by atoms with Crippen molar-refractivity contribution in [3.8, 4) is 5.75 Å². The Kier molecular flexibility index (Phi) is 3.40. The lowest BCUT2D eigenvalue weighted by atomic mass is 10.2. The van der Waals surface area contributed by atoms with E-state index in [1.165, 1.54) is 6.21 Å². The minimum atomic E-state index is 0.596. The first-order chi connectivity index (χ1) is 8.31. The van der Waals surface area contributed by atoms with Crippen molar-refractivity contribution >= 4 is 11.9 Å². The zero-order valence-electron chi connectivity index (χ0n) is 9.54. The van der Waals surface area contributed by atoms with Gasteiger partial charge in [0.15, 0.2) is 6.21 Å². The average Bonchev–Trinajstić information content (AvgIpc) is 2.40. The lowest BCUT2D eigenvalue weighted by molar-refractivity contribution is -0.354. The van der Waals surface area contributed by atoms with Crippen LogP contribution in [0.25, 0.3) is 0 Å². The molecule has 0 N–H and O–H groups in total. The first kappa shape index (κ1) is 11.2. The molecule has 0 spiro atoms. The molecule has 0 saturated carbocycles. The van der Waals surface area contributed by atoms with Crippen LogP contribution in [-0.2, 0) is 0 Å². The molecule has 0 aromatic heterocycles. The van der Waals surface area contributed by atoms with Crippen molar-refractivity contribution in [3.05, 3.63) is 65.4 Å². The standard InChI is InChI=1S/C14H13NO2/c1-17-14-10-6-5-7-12(14)11-15(16)13-8-3-2-4-9-13/h2-11H,1H3. The van der Waals surface area contributed by atoms with Crippen molar-refractivity contribution < 1.29 is 9.48 Å². The zero-order chi connectivity index (χ0) is 12.1. The number of hydrogen-bond acceptors (Lipinski definition) is 2. The molecule has 2 rings (SSSR count). The van der Waals surface area contributed by atoms with E-state index >= 15 is 0 Å². The van der Waals surface area contributed by atoms with Crippen LogP contribution in [0, 0.1) is 5.21 Å². The summed E-state index contributed by atoms with van der Waals surface area (Å²) in [7, 11) is 1.59. The van der Waals surface area contributed by atoms with E-state index in [2.05, 4.69) is 0 Å². The van der Waals surface area contributed by atoms with Gasteiger partial charge in [0.2, 0.25) is 5.69 Å². The number of hydrogen-bond donors (Lipinski definition) is 0. The smallest absolute Gasteiger partial charge is 0.216 e. The fraction of sp³-hybridized carbons (Fsp3) is 0.0714. The summed E-state index contributed by atoms with van der Waals surface area (Å²) in [6, 6.07) is 16.5. The molecule has 0 radical (unpaired) electrons. The highest BCUT2D eigenvalue weighted by molar-refractivity contribution is 5.80. The van der Waals surface area contributed by atoms with Gasteiger partial charge in [-0.2, -0.15) is 4.74 Å². The summed E-state index contributed by atoms with van der Waals surface area (Å²) in [6.07, 6.45) is 1.51. The fourth-order valence-corrected chi connectivity index (χ4v) is 1.55.